The molecule has 1 aliphatic rings. The van der Waals surface area contributed by atoms with E-state index in [0.717, 1.165) is 12.1 Å². The SMILES string of the molecule is Nc1ncc(Cl)cc1-c1cc(C(F)(F)F)cc2c1C=NC2. The number of aliphatic imine (C=N–C) groups is 1. The lowest BCUT2D eigenvalue weighted by Gasteiger charge is -2.14. The molecule has 0 spiro atoms. The van der Waals surface area contributed by atoms with E-state index in [2.05, 4.69) is 9.98 Å². The molecule has 0 radical (unpaired) electrons. The first-order chi connectivity index (χ1) is 9.86. The molecule has 1 aliphatic heterocycles. The van der Waals surface area contributed by atoms with Crippen LogP contribution in [0.1, 0.15) is 16.7 Å². The molecule has 2 N–H and O–H groups in total. The van der Waals surface area contributed by atoms with Gasteiger partial charge in [0.15, 0.2) is 0 Å². The van der Waals surface area contributed by atoms with Crippen LogP contribution < -0.4 is 5.73 Å². The number of nitrogens with two attached hydrogens (primary N) is 1. The third kappa shape index (κ3) is 2.47. The van der Waals surface area contributed by atoms with Gasteiger partial charge in [-0.25, -0.2) is 4.98 Å². The Labute approximate surface area is 123 Å². The maximum absolute atomic E-state index is 13.0. The lowest BCUT2D eigenvalue weighted by molar-refractivity contribution is -0.137. The van der Waals surface area contributed by atoms with Crippen LogP contribution in [0.4, 0.5) is 19.0 Å². The van der Waals surface area contributed by atoms with Crippen LogP contribution in [0.2, 0.25) is 5.02 Å². The van der Waals surface area contributed by atoms with Gasteiger partial charge in [-0.2, -0.15) is 13.2 Å². The molecule has 0 unspecified atom stereocenters. The van der Waals surface area contributed by atoms with Crippen molar-refractivity contribution in [3.05, 3.63) is 46.1 Å². The Morgan fingerprint density at radius 1 is 1.14 bits per heavy atom. The monoisotopic (exact) mass is 311 g/mol. The van der Waals surface area contributed by atoms with Crippen molar-refractivity contribution in [1.82, 2.24) is 4.98 Å². The van der Waals surface area contributed by atoms with Gasteiger partial charge in [0.05, 0.1) is 17.1 Å². The quantitative estimate of drug-likeness (QED) is 0.867. The van der Waals surface area contributed by atoms with E-state index in [-0.39, 0.29) is 12.4 Å². The topological polar surface area (TPSA) is 51.3 Å². The smallest absolute Gasteiger partial charge is 0.383 e. The molecule has 0 bridgehead atoms. The third-order valence-corrected chi connectivity index (χ3v) is 3.46. The van der Waals surface area contributed by atoms with Gasteiger partial charge in [-0.15, -0.1) is 0 Å². The van der Waals surface area contributed by atoms with Gasteiger partial charge < -0.3 is 5.73 Å². The molecule has 108 valence electrons. The zero-order chi connectivity index (χ0) is 15.2. The number of nitrogen functional groups attached to an aromatic ring is 1. The van der Waals surface area contributed by atoms with E-state index < -0.39 is 11.7 Å². The number of alkyl halides is 3. The van der Waals surface area contributed by atoms with Crippen molar-refractivity contribution in [2.45, 2.75) is 12.7 Å². The molecule has 1 aromatic carbocycles. The fraction of sp³-hybridized carbons (Fsp3) is 0.143. The highest BCUT2D eigenvalue weighted by molar-refractivity contribution is 6.30. The summed E-state index contributed by atoms with van der Waals surface area (Å²) in [5.74, 6) is 0.126. The summed E-state index contributed by atoms with van der Waals surface area (Å²) in [6.07, 6.45) is -1.54. The van der Waals surface area contributed by atoms with Gasteiger partial charge >= 0.3 is 6.18 Å². The summed E-state index contributed by atoms with van der Waals surface area (Å²) in [5, 5.41) is 0.306. The summed E-state index contributed by atoms with van der Waals surface area (Å²) in [6, 6.07) is 3.67. The molecule has 21 heavy (non-hydrogen) atoms. The molecule has 0 saturated carbocycles. The van der Waals surface area contributed by atoms with Crippen molar-refractivity contribution in [3.8, 4) is 11.1 Å². The van der Waals surface area contributed by atoms with Gasteiger partial charge in [0, 0.05) is 23.5 Å². The largest absolute Gasteiger partial charge is 0.416 e. The van der Waals surface area contributed by atoms with Crippen molar-refractivity contribution in [2.75, 3.05) is 5.73 Å². The number of halogens is 4. The predicted octanol–water partition coefficient (Wildman–Crippen LogP) is 3.94. The number of fused-ring (bicyclic) bond motifs is 1. The zero-order valence-electron chi connectivity index (χ0n) is 10.6. The van der Waals surface area contributed by atoms with E-state index >= 15 is 0 Å². The predicted molar refractivity (Wildman–Crippen MR) is 75.4 cm³/mol. The molecule has 0 aliphatic carbocycles. The summed E-state index contributed by atoms with van der Waals surface area (Å²) in [7, 11) is 0. The van der Waals surface area contributed by atoms with Crippen molar-refractivity contribution in [3.63, 3.8) is 0 Å². The van der Waals surface area contributed by atoms with Gasteiger partial charge in [0.25, 0.3) is 0 Å². The molecule has 3 rings (SSSR count). The van der Waals surface area contributed by atoms with Crippen LogP contribution in [0, 0.1) is 0 Å². The van der Waals surface area contributed by atoms with Crippen LogP contribution in [0.5, 0.6) is 0 Å². The van der Waals surface area contributed by atoms with Gasteiger partial charge in [-0.05, 0) is 29.3 Å². The molecule has 0 fully saturated rings. The minimum Gasteiger partial charge on any atom is -0.383 e. The molecule has 2 heterocycles. The molecule has 2 aromatic rings. The van der Waals surface area contributed by atoms with Gasteiger partial charge in [0.1, 0.15) is 5.82 Å². The molecule has 0 amide bonds. The van der Waals surface area contributed by atoms with Crippen molar-refractivity contribution in [2.24, 2.45) is 4.99 Å². The first-order valence-electron chi connectivity index (χ1n) is 6.01. The van der Waals surface area contributed by atoms with Gasteiger partial charge in [0.2, 0.25) is 0 Å². The average Bonchev–Trinajstić information content (AvgIpc) is 2.87. The molecule has 7 heteroatoms. The van der Waals surface area contributed by atoms with Crippen LogP contribution >= 0.6 is 11.6 Å². The molecule has 0 atom stereocenters. The Bertz CT molecular complexity index is 754. The summed E-state index contributed by atoms with van der Waals surface area (Å²) in [6.45, 7) is 0.222. The Kier molecular flexibility index (Phi) is 3.13. The van der Waals surface area contributed by atoms with Crippen molar-refractivity contribution in [1.29, 1.82) is 0 Å². The second-order valence-corrected chi connectivity index (χ2v) is 5.09. The standard InChI is InChI=1S/C14H9ClF3N3/c15-9-3-11(13(19)21-5-9)10-2-8(14(16,17)18)1-7-4-20-6-12(7)10/h1-3,5-6H,4H2,(H2,19,21). The van der Waals surface area contributed by atoms with Crippen molar-refractivity contribution < 1.29 is 13.2 Å². The lowest BCUT2D eigenvalue weighted by Crippen LogP contribution is -2.07. The number of rotatable bonds is 1. The third-order valence-electron chi connectivity index (χ3n) is 3.25. The zero-order valence-corrected chi connectivity index (χ0v) is 11.3. The van der Waals surface area contributed by atoms with Crippen LogP contribution in [0.3, 0.4) is 0 Å². The van der Waals surface area contributed by atoms with E-state index in [9.17, 15) is 13.2 Å². The molecule has 1 aromatic heterocycles. The summed E-state index contributed by atoms with van der Waals surface area (Å²) in [5.41, 5.74) is 6.90. The molecule has 3 nitrogen and oxygen atoms in total. The van der Waals surface area contributed by atoms with E-state index in [1.165, 1.54) is 12.3 Å². The highest BCUT2D eigenvalue weighted by Gasteiger charge is 2.33. The normalized spacial score (nSPS) is 13.5. The first kappa shape index (κ1) is 13.9. The molecular formula is C14H9ClF3N3. The van der Waals surface area contributed by atoms with Gasteiger partial charge in [-0.3, -0.25) is 4.99 Å². The first-order valence-corrected chi connectivity index (χ1v) is 6.39. The number of hydrogen-bond acceptors (Lipinski definition) is 3. The Morgan fingerprint density at radius 2 is 1.90 bits per heavy atom. The maximum atomic E-state index is 13.0. The van der Waals surface area contributed by atoms with Crippen molar-refractivity contribution >= 4 is 23.6 Å². The Hall–Kier alpha value is -2.08. The van der Waals surface area contributed by atoms with Crippen LogP contribution in [-0.2, 0) is 12.7 Å². The number of hydrogen-bond donors (Lipinski definition) is 1. The molecular weight excluding hydrogens is 303 g/mol. The molecule has 0 saturated heterocycles. The number of pyridine rings is 1. The van der Waals surface area contributed by atoms with E-state index in [0.29, 0.717) is 27.3 Å². The maximum Gasteiger partial charge on any atom is 0.416 e. The van der Waals surface area contributed by atoms with Gasteiger partial charge in [-0.1, -0.05) is 11.6 Å². The fourth-order valence-electron chi connectivity index (χ4n) is 2.28. The highest BCUT2D eigenvalue weighted by Crippen LogP contribution is 2.38. The Balaban J connectivity index is 2.29. The minimum atomic E-state index is -4.44. The number of anilines is 1. The average molecular weight is 312 g/mol. The lowest BCUT2D eigenvalue weighted by atomic mass is 9.94. The second kappa shape index (κ2) is 4.73. The van der Waals surface area contributed by atoms with E-state index in [1.807, 2.05) is 0 Å². The van der Waals surface area contributed by atoms with Crippen LogP contribution in [-0.4, -0.2) is 11.2 Å². The number of benzene rings is 1. The van der Waals surface area contributed by atoms with E-state index in [1.54, 1.807) is 6.21 Å². The number of aromatic nitrogens is 1. The number of nitrogens with zero attached hydrogens (tertiary/aromatic N) is 2. The highest BCUT2D eigenvalue weighted by atomic mass is 35.5. The minimum absolute atomic E-state index is 0.126. The van der Waals surface area contributed by atoms with Crippen LogP contribution in [0.25, 0.3) is 11.1 Å². The second-order valence-electron chi connectivity index (χ2n) is 4.65. The fourth-order valence-corrected chi connectivity index (χ4v) is 2.44. The summed E-state index contributed by atoms with van der Waals surface area (Å²) in [4.78, 5) is 7.92. The van der Waals surface area contributed by atoms with Crippen LogP contribution in [0.15, 0.2) is 29.4 Å². The summed E-state index contributed by atoms with van der Waals surface area (Å²) >= 11 is 5.87. The Morgan fingerprint density at radius 3 is 2.62 bits per heavy atom. The summed E-state index contributed by atoms with van der Waals surface area (Å²) < 4.78 is 39.1. The van der Waals surface area contributed by atoms with E-state index in [4.69, 9.17) is 17.3 Å².